The molecule has 0 bridgehead atoms. The average Bonchev–Trinajstić information content (AvgIpc) is 2.39. The molecule has 1 aromatic rings. The van der Waals surface area contributed by atoms with Crippen molar-refractivity contribution in [2.75, 3.05) is 13.1 Å². The Labute approximate surface area is 114 Å². The fourth-order valence-corrected chi connectivity index (χ4v) is 1.61. The van der Waals surface area contributed by atoms with Crippen LogP contribution in [0.15, 0.2) is 18.2 Å². The molecule has 0 heterocycles. The van der Waals surface area contributed by atoms with Crippen LogP contribution in [0.2, 0.25) is 0 Å². The van der Waals surface area contributed by atoms with Crippen molar-refractivity contribution >= 4 is 11.8 Å². The monoisotopic (exact) mass is 262 g/mol. The number of benzene rings is 1. The van der Waals surface area contributed by atoms with E-state index in [2.05, 4.69) is 17.6 Å². The lowest BCUT2D eigenvalue weighted by molar-refractivity contribution is -0.120. The van der Waals surface area contributed by atoms with Crippen molar-refractivity contribution in [1.29, 1.82) is 0 Å². The molecule has 0 spiro atoms. The number of carbonyl (C=O) groups is 2. The van der Waals surface area contributed by atoms with Gasteiger partial charge in [-0.1, -0.05) is 19.4 Å². The van der Waals surface area contributed by atoms with Crippen LogP contribution in [0.4, 0.5) is 0 Å². The minimum atomic E-state index is -0.214. The molecule has 0 radical (unpaired) electrons. The molecule has 0 saturated carbocycles. The van der Waals surface area contributed by atoms with Crippen molar-refractivity contribution in [2.45, 2.75) is 33.6 Å². The molecule has 2 amide bonds. The van der Waals surface area contributed by atoms with Crippen molar-refractivity contribution < 1.29 is 9.59 Å². The molecule has 104 valence electrons. The van der Waals surface area contributed by atoms with Crippen LogP contribution < -0.4 is 10.6 Å². The van der Waals surface area contributed by atoms with E-state index in [9.17, 15) is 9.59 Å². The Balaban J connectivity index is 2.42. The maximum atomic E-state index is 11.9. The van der Waals surface area contributed by atoms with Crippen molar-refractivity contribution in [2.24, 2.45) is 0 Å². The molecule has 0 fully saturated rings. The third-order valence-corrected chi connectivity index (χ3v) is 3.03. The number of rotatable bonds is 6. The normalized spacial score (nSPS) is 10.1. The molecule has 0 unspecified atom stereocenters. The van der Waals surface area contributed by atoms with Crippen LogP contribution in [0.3, 0.4) is 0 Å². The number of amides is 2. The smallest absolute Gasteiger partial charge is 0.251 e. The fraction of sp³-hybridized carbons (Fsp3) is 0.467. The second-order valence-electron chi connectivity index (χ2n) is 4.69. The predicted octanol–water partition coefficient (Wildman–Crippen LogP) is 1.95. The first-order chi connectivity index (χ1) is 9.04. The number of carbonyl (C=O) groups excluding carboxylic acids is 2. The van der Waals surface area contributed by atoms with Crippen molar-refractivity contribution in [1.82, 2.24) is 10.6 Å². The molecule has 0 saturated heterocycles. The number of unbranched alkanes of at least 4 members (excludes halogenated alkanes) is 1. The molecule has 19 heavy (non-hydrogen) atoms. The van der Waals surface area contributed by atoms with E-state index in [1.165, 1.54) is 0 Å². The highest BCUT2D eigenvalue weighted by Gasteiger charge is 2.08. The first kappa shape index (κ1) is 15.2. The summed E-state index contributed by atoms with van der Waals surface area (Å²) in [6.45, 7) is 6.71. The maximum absolute atomic E-state index is 11.9. The predicted molar refractivity (Wildman–Crippen MR) is 76.2 cm³/mol. The molecule has 0 aromatic heterocycles. The molecule has 0 aliphatic rings. The van der Waals surface area contributed by atoms with E-state index < -0.39 is 0 Å². The highest BCUT2D eigenvalue weighted by atomic mass is 16.2. The van der Waals surface area contributed by atoms with Crippen LogP contribution in [0.1, 0.15) is 41.3 Å². The van der Waals surface area contributed by atoms with Gasteiger partial charge in [0.2, 0.25) is 5.91 Å². The topological polar surface area (TPSA) is 58.2 Å². The number of nitrogens with one attached hydrogen (secondary N) is 2. The van der Waals surface area contributed by atoms with Crippen LogP contribution in [-0.4, -0.2) is 24.9 Å². The zero-order valence-corrected chi connectivity index (χ0v) is 11.9. The minimum Gasteiger partial charge on any atom is -0.355 e. The summed E-state index contributed by atoms with van der Waals surface area (Å²) in [5.74, 6) is -0.362. The molecule has 0 aliphatic carbocycles. The lowest BCUT2D eigenvalue weighted by Crippen LogP contribution is -2.37. The average molecular weight is 262 g/mol. The molecule has 0 atom stereocenters. The first-order valence-electron chi connectivity index (χ1n) is 6.66. The SMILES string of the molecule is CCCCNC(=O)CNC(=O)c1ccc(C)c(C)c1. The summed E-state index contributed by atoms with van der Waals surface area (Å²) in [6, 6.07) is 5.51. The Bertz CT molecular complexity index is 455. The Morgan fingerprint density at radius 3 is 2.47 bits per heavy atom. The van der Waals surface area contributed by atoms with Crippen LogP contribution in [0.5, 0.6) is 0 Å². The summed E-state index contributed by atoms with van der Waals surface area (Å²) in [5, 5.41) is 5.38. The second kappa shape index (κ2) is 7.56. The Morgan fingerprint density at radius 1 is 1.11 bits per heavy atom. The highest BCUT2D eigenvalue weighted by molar-refractivity contribution is 5.96. The zero-order chi connectivity index (χ0) is 14.3. The van der Waals surface area contributed by atoms with Gasteiger partial charge in [-0.2, -0.15) is 0 Å². The standard InChI is InChI=1S/C15H22N2O2/c1-4-5-8-16-14(18)10-17-15(19)13-7-6-11(2)12(3)9-13/h6-7,9H,4-5,8,10H2,1-3H3,(H,16,18)(H,17,19). The summed E-state index contributed by atoms with van der Waals surface area (Å²) in [4.78, 5) is 23.3. The largest absolute Gasteiger partial charge is 0.355 e. The van der Waals surface area contributed by atoms with Crippen molar-refractivity contribution in [3.63, 3.8) is 0 Å². The van der Waals surface area contributed by atoms with Gasteiger partial charge in [0.15, 0.2) is 0 Å². The van der Waals surface area contributed by atoms with E-state index in [-0.39, 0.29) is 18.4 Å². The summed E-state index contributed by atoms with van der Waals surface area (Å²) >= 11 is 0. The molecular weight excluding hydrogens is 240 g/mol. The Morgan fingerprint density at radius 2 is 1.84 bits per heavy atom. The lowest BCUT2D eigenvalue weighted by atomic mass is 10.1. The molecule has 1 aromatic carbocycles. The number of aryl methyl sites for hydroxylation is 2. The molecule has 0 aliphatic heterocycles. The van der Waals surface area contributed by atoms with Gasteiger partial charge in [-0.3, -0.25) is 9.59 Å². The van der Waals surface area contributed by atoms with Crippen LogP contribution in [0.25, 0.3) is 0 Å². The third kappa shape index (κ3) is 5.12. The van der Waals surface area contributed by atoms with Gasteiger partial charge in [-0.25, -0.2) is 0 Å². The van der Waals surface area contributed by atoms with Crippen molar-refractivity contribution in [3.8, 4) is 0 Å². The van der Waals surface area contributed by atoms with E-state index in [1.807, 2.05) is 26.0 Å². The van der Waals surface area contributed by atoms with Gasteiger partial charge in [0.05, 0.1) is 6.54 Å². The number of hydrogen-bond donors (Lipinski definition) is 2. The molecule has 2 N–H and O–H groups in total. The number of hydrogen-bond acceptors (Lipinski definition) is 2. The summed E-state index contributed by atoms with van der Waals surface area (Å²) in [5.41, 5.74) is 2.80. The van der Waals surface area contributed by atoms with Gasteiger partial charge >= 0.3 is 0 Å². The third-order valence-electron chi connectivity index (χ3n) is 3.03. The summed E-state index contributed by atoms with van der Waals surface area (Å²) in [6.07, 6.45) is 1.99. The molecule has 4 nitrogen and oxygen atoms in total. The van der Waals surface area contributed by atoms with E-state index in [0.717, 1.165) is 24.0 Å². The van der Waals surface area contributed by atoms with Gasteiger partial charge in [-0.15, -0.1) is 0 Å². The summed E-state index contributed by atoms with van der Waals surface area (Å²) < 4.78 is 0. The van der Waals surface area contributed by atoms with Crippen LogP contribution in [-0.2, 0) is 4.79 Å². The van der Waals surface area contributed by atoms with E-state index in [1.54, 1.807) is 6.07 Å². The molecular formula is C15H22N2O2. The Hall–Kier alpha value is -1.84. The van der Waals surface area contributed by atoms with Gasteiger partial charge in [-0.05, 0) is 43.5 Å². The fourth-order valence-electron chi connectivity index (χ4n) is 1.61. The van der Waals surface area contributed by atoms with Gasteiger partial charge in [0.25, 0.3) is 5.91 Å². The quantitative estimate of drug-likeness (QED) is 0.770. The highest BCUT2D eigenvalue weighted by Crippen LogP contribution is 2.09. The maximum Gasteiger partial charge on any atom is 0.251 e. The van der Waals surface area contributed by atoms with Gasteiger partial charge in [0.1, 0.15) is 0 Å². The van der Waals surface area contributed by atoms with Crippen LogP contribution in [0, 0.1) is 13.8 Å². The zero-order valence-electron chi connectivity index (χ0n) is 11.9. The summed E-state index contributed by atoms with van der Waals surface area (Å²) in [7, 11) is 0. The second-order valence-corrected chi connectivity index (χ2v) is 4.69. The van der Waals surface area contributed by atoms with Crippen molar-refractivity contribution in [3.05, 3.63) is 34.9 Å². The van der Waals surface area contributed by atoms with Gasteiger partial charge < -0.3 is 10.6 Å². The lowest BCUT2D eigenvalue weighted by Gasteiger charge is -2.08. The Kier molecular flexibility index (Phi) is 6.06. The molecule has 1 rings (SSSR count). The van der Waals surface area contributed by atoms with E-state index in [0.29, 0.717) is 12.1 Å². The first-order valence-corrected chi connectivity index (χ1v) is 6.66. The van der Waals surface area contributed by atoms with E-state index >= 15 is 0 Å². The molecule has 4 heteroatoms. The van der Waals surface area contributed by atoms with Crippen LogP contribution >= 0.6 is 0 Å². The van der Waals surface area contributed by atoms with E-state index in [4.69, 9.17) is 0 Å². The minimum absolute atomic E-state index is 0.0233. The van der Waals surface area contributed by atoms with Gasteiger partial charge in [0, 0.05) is 12.1 Å².